The van der Waals surface area contributed by atoms with Gasteiger partial charge in [0.05, 0.1) is 0 Å². The van der Waals surface area contributed by atoms with E-state index in [9.17, 15) is 0 Å². The molecule has 0 fully saturated rings. The number of rotatable bonds is 1. The Morgan fingerprint density at radius 2 is 1.50 bits per heavy atom. The summed E-state index contributed by atoms with van der Waals surface area (Å²) in [6.07, 6.45) is 3.64. The molecule has 0 N–H and O–H groups in total. The Morgan fingerprint density at radius 1 is 0.700 bits per heavy atom. The van der Waals surface area contributed by atoms with E-state index in [1.165, 1.54) is 0 Å². The van der Waals surface area contributed by atoms with E-state index in [0.29, 0.717) is 0 Å². The molecule has 3 rings (SSSR count). The second kappa shape index (κ2) is 5.86. The quantitative estimate of drug-likeness (QED) is 0.595. The third kappa shape index (κ3) is 2.76. The minimum absolute atomic E-state index is 1.02. The predicted octanol–water partition coefficient (Wildman–Crippen LogP) is 4.15. The van der Waals surface area contributed by atoms with Crippen LogP contribution in [0.5, 0.6) is 0 Å². The van der Waals surface area contributed by atoms with Gasteiger partial charge in [-0.3, -0.25) is 4.98 Å². The fraction of sp³-hybridized carbons (Fsp3) is 0. The summed E-state index contributed by atoms with van der Waals surface area (Å²) in [4.78, 5) is 4.17. The lowest BCUT2D eigenvalue weighted by Crippen LogP contribution is -1.84. The molecule has 94 valence electrons. The molecule has 0 atom stereocenters. The summed E-state index contributed by atoms with van der Waals surface area (Å²) in [7, 11) is 0. The number of aromatic nitrogens is 1. The van der Waals surface area contributed by atoms with Crippen LogP contribution in [-0.4, -0.2) is 4.98 Å². The number of nitrogens with zero attached hydrogens (tertiary/aromatic N) is 1. The van der Waals surface area contributed by atoms with Gasteiger partial charge >= 0.3 is 0 Å². The summed E-state index contributed by atoms with van der Waals surface area (Å²) >= 11 is 0. The van der Waals surface area contributed by atoms with E-state index in [2.05, 4.69) is 29.0 Å². The SMILES string of the molecule is C(#Cc1ccccc1-c1cccnc1)c1ccccc1. The van der Waals surface area contributed by atoms with Crippen molar-refractivity contribution in [2.75, 3.05) is 0 Å². The number of pyridine rings is 1. The van der Waals surface area contributed by atoms with Gasteiger partial charge in [0, 0.05) is 29.1 Å². The fourth-order valence-electron chi connectivity index (χ4n) is 2.03. The van der Waals surface area contributed by atoms with Gasteiger partial charge in [0.15, 0.2) is 0 Å². The van der Waals surface area contributed by atoms with Gasteiger partial charge in [0.1, 0.15) is 0 Å². The molecule has 0 bridgehead atoms. The molecular weight excluding hydrogens is 242 g/mol. The van der Waals surface area contributed by atoms with Gasteiger partial charge in [-0.25, -0.2) is 0 Å². The second-order valence-corrected chi connectivity index (χ2v) is 4.40. The number of hydrogen-bond acceptors (Lipinski definition) is 1. The monoisotopic (exact) mass is 255 g/mol. The smallest absolute Gasteiger partial charge is 0.0346 e. The molecule has 0 spiro atoms. The van der Waals surface area contributed by atoms with Crippen LogP contribution in [-0.2, 0) is 0 Å². The first-order valence-corrected chi connectivity index (χ1v) is 6.50. The highest BCUT2D eigenvalue weighted by Crippen LogP contribution is 2.21. The zero-order chi connectivity index (χ0) is 13.6. The van der Waals surface area contributed by atoms with Crippen LogP contribution in [0.15, 0.2) is 79.1 Å². The Labute approximate surface area is 118 Å². The molecular formula is C19H13N. The Hall–Kier alpha value is -2.85. The Kier molecular flexibility index (Phi) is 3.57. The van der Waals surface area contributed by atoms with Crippen molar-refractivity contribution >= 4 is 0 Å². The molecule has 1 heterocycles. The average molecular weight is 255 g/mol. The maximum absolute atomic E-state index is 4.17. The van der Waals surface area contributed by atoms with Crippen LogP contribution in [0.4, 0.5) is 0 Å². The Balaban J connectivity index is 2.02. The van der Waals surface area contributed by atoms with E-state index in [1.54, 1.807) is 6.20 Å². The third-order valence-corrected chi connectivity index (χ3v) is 3.01. The molecule has 1 aromatic heterocycles. The van der Waals surface area contributed by atoms with Crippen LogP contribution in [0.3, 0.4) is 0 Å². The molecule has 1 heteroatoms. The molecule has 0 amide bonds. The lowest BCUT2D eigenvalue weighted by Gasteiger charge is -2.03. The van der Waals surface area contributed by atoms with Crippen molar-refractivity contribution in [3.63, 3.8) is 0 Å². The van der Waals surface area contributed by atoms with E-state index < -0.39 is 0 Å². The van der Waals surface area contributed by atoms with Gasteiger partial charge in [0.2, 0.25) is 0 Å². The van der Waals surface area contributed by atoms with Crippen molar-refractivity contribution in [1.29, 1.82) is 0 Å². The highest BCUT2D eigenvalue weighted by molar-refractivity contribution is 5.70. The largest absolute Gasteiger partial charge is 0.264 e. The Morgan fingerprint density at radius 3 is 2.30 bits per heavy atom. The zero-order valence-electron chi connectivity index (χ0n) is 11.0. The molecule has 0 aliphatic rings. The summed E-state index contributed by atoms with van der Waals surface area (Å²) in [6.45, 7) is 0. The minimum Gasteiger partial charge on any atom is -0.264 e. The summed E-state index contributed by atoms with van der Waals surface area (Å²) in [5.41, 5.74) is 4.24. The summed E-state index contributed by atoms with van der Waals surface area (Å²) in [5, 5.41) is 0. The lowest BCUT2D eigenvalue weighted by atomic mass is 10.0. The van der Waals surface area contributed by atoms with Gasteiger partial charge < -0.3 is 0 Å². The van der Waals surface area contributed by atoms with E-state index in [0.717, 1.165) is 22.3 Å². The van der Waals surface area contributed by atoms with Crippen molar-refractivity contribution in [2.24, 2.45) is 0 Å². The van der Waals surface area contributed by atoms with E-state index in [-0.39, 0.29) is 0 Å². The zero-order valence-corrected chi connectivity index (χ0v) is 11.0. The highest BCUT2D eigenvalue weighted by atomic mass is 14.6. The molecule has 0 saturated carbocycles. The molecule has 3 aromatic rings. The van der Waals surface area contributed by atoms with Gasteiger partial charge in [-0.1, -0.05) is 54.3 Å². The van der Waals surface area contributed by atoms with Crippen LogP contribution < -0.4 is 0 Å². The minimum atomic E-state index is 1.02. The molecule has 20 heavy (non-hydrogen) atoms. The van der Waals surface area contributed by atoms with Crippen molar-refractivity contribution in [2.45, 2.75) is 0 Å². The summed E-state index contributed by atoms with van der Waals surface area (Å²) in [6, 6.07) is 22.2. The second-order valence-electron chi connectivity index (χ2n) is 4.40. The Bertz CT molecular complexity index is 750. The van der Waals surface area contributed by atoms with Crippen LogP contribution in [0.2, 0.25) is 0 Å². The van der Waals surface area contributed by atoms with Crippen LogP contribution in [0.25, 0.3) is 11.1 Å². The van der Waals surface area contributed by atoms with Crippen molar-refractivity contribution in [3.05, 3.63) is 90.3 Å². The van der Waals surface area contributed by atoms with Crippen LogP contribution in [0, 0.1) is 11.8 Å². The summed E-state index contributed by atoms with van der Waals surface area (Å²) in [5.74, 6) is 6.45. The van der Waals surface area contributed by atoms with Gasteiger partial charge in [-0.15, -0.1) is 0 Å². The van der Waals surface area contributed by atoms with E-state index in [1.807, 2.05) is 60.8 Å². The lowest BCUT2D eigenvalue weighted by molar-refractivity contribution is 1.33. The molecule has 0 unspecified atom stereocenters. The van der Waals surface area contributed by atoms with E-state index >= 15 is 0 Å². The molecule has 0 aliphatic carbocycles. The highest BCUT2D eigenvalue weighted by Gasteiger charge is 2.01. The fourth-order valence-corrected chi connectivity index (χ4v) is 2.03. The van der Waals surface area contributed by atoms with Crippen LogP contribution in [0.1, 0.15) is 11.1 Å². The summed E-state index contributed by atoms with van der Waals surface area (Å²) < 4.78 is 0. The maximum atomic E-state index is 4.17. The van der Waals surface area contributed by atoms with Crippen molar-refractivity contribution < 1.29 is 0 Å². The van der Waals surface area contributed by atoms with Crippen molar-refractivity contribution in [3.8, 4) is 23.0 Å². The number of hydrogen-bond donors (Lipinski definition) is 0. The predicted molar refractivity (Wildman–Crippen MR) is 82.1 cm³/mol. The first kappa shape index (κ1) is 12.2. The molecule has 2 aromatic carbocycles. The van der Waals surface area contributed by atoms with Gasteiger partial charge in [-0.05, 0) is 29.8 Å². The molecule has 0 radical (unpaired) electrons. The topological polar surface area (TPSA) is 12.9 Å². The molecule has 1 nitrogen and oxygen atoms in total. The first-order chi connectivity index (χ1) is 9.93. The first-order valence-electron chi connectivity index (χ1n) is 6.50. The number of benzene rings is 2. The average Bonchev–Trinajstić information content (AvgIpc) is 2.55. The standard InChI is InChI=1S/C19H13N/c1-2-7-16(8-3-1)12-13-17-9-4-5-11-19(17)18-10-6-14-20-15-18/h1-11,14-15H. The normalized spacial score (nSPS) is 9.60. The van der Waals surface area contributed by atoms with Crippen molar-refractivity contribution in [1.82, 2.24) is 4.98 Å². The van der Waals surface area contributed by atoms with Crippen LogP contribution >= 0.6 is 0 Å². The molecule has 0 saturated heterocycles. The molecule has 0 aliphatic heterocycles. The van der Waals surface area contributed by atoms with Gasteiger partial charge in [0.25, 0.3) is 0 Å². The van der Waals surface area contributed by atoms with E-state index in [4.69, 9.17) is 0 Å². The maximum Gasteiger partial charge on any atom is 0.0346 e. The third-order valence-electron chi connectivity index (χ3n) is 3.01. The van der Waals surface area contributed by atoms with Gasteiger partial charge in [-0.2, -0.15) is 0 Å².